The van der Waals surface area contributed by atoms with E-state index in [1.54, 1.807) is 6.08 Å². The number of hydrogen-bond acceptors (Lipinski definition) is 4. The molecule has 4 rings (SSSR count). The molecule has 0 amide bonds. The van der Waals surface area contributed by atoms with Gasteiger partial charge in [-0.25, -0.2) is 0 Å². The predicted octanol–water partition coefficient (Wildman–Crippen LogP) is 7.06. The first-order chi connectivity index (χ1) is 15.9. The molecule has 1 aromatic carbocycles. The summed E-state index contributed by atoms with van der Waals surface area (Å²) < 4.78 is 6.22. The van der Waals surface area contributed by atoms with Gasteiger partial charge in [0.15, 0.2) is 0 Å². The van der Waals surface area contributed by atoms with Gasteiger partial charge in [0.1, 0.15) is 29.2 Å². The third kappa shape index (κ3) is 4.19. The van der Waals surface area contributed by atoms with Gasteiger partial charge in [-0.15, -0.1) is 0 Å². The Morgan fingerprint density at radius 2 is 1.62 bits per heavy atom. The van der Waals surface area contributed by atoms with Gasteiger partial charge in [-0.2, -0.15) is 10.5 Å². The van der Waals surface area contributed by atoms with Crippen molar-refractivity contribution in [1.82, 2.24) is 0 Å². The Labute approximate surface area is 204 Å². The SMILES string of the molecule is CC(C)(C)C1=CC(=C(C#N)C#N)C=C(/C=C/c2ccc3c4c2C(C)(C)CCN4CCC3(C)C)O1. The fourth-order valence-corrected chi connectivity index (χ4v) is 5.20. The molecule has 0 aliphatic carbocycles. The predicted molar refractivity (Wildman–Crippen MR) is 138 cm³/mol. The van der Waals surface area contributed by atoms with Gasteiger partial charge < -0.3 is 9.64 Å². The van der Waals surface area contributed by atoms with E-state index in [1.807, 2.05) is 24.3 Å². The Morgan fingerprint density at radius 1 is 0.971 bits per heavy atom. The fourth-order valence-electron chi connectivity index (χ4n) is 5.20. The van der Waals surface area contributed by atoms with Crippen LogP contribution in [0.3, 0.4) is 0 Å². The standard InChI is InChI=1S/C30H35N3O/c1-28(2,3)25-17-21(22(18-31)19-32)16-23(34-25)10-8-20-9-11-24-27-26(20)30(6,7)13-15-33(27)14-12-29(24,4)5/h8-11,16-17H,12-15H2,1-7H3/b10-8+. The highest BCUT2D eigenvalue weighted by Crippen LogP contribution is 2.50. The quantitative estimate of drug-likeness (QED) is 0.450. The van der Waals surface area contributed by atoms with Crippen molar-refractivity contribution in [3.63, 3.8) is 0 Å². The molecular weight excluding hydrogens is 418 g/mol. The molecule has 4 nitrogen and oxygen atoms in total. The lowest BCUT2D eigenvalue weighted by Gasteiger charge is -2.48. The summed E-state index contributed by atoms with van der Waals surface area (Å²) in [5.74, 6) is 1.38. The maximum absolute atomic E-state index is 9.42. The summed E-state index contributed by atoms with van der Waals surface area (Å²) in [5, 5.41) is 18.8. The molecule has 0 N–H and O–H groups in total. The minimum Gasteiger partial charge on any atom is -0.461 e. The van der Waals surface area contributed by atoms with Crippen LogP contribution < -0.4 is 4.90 Å². The Bertz CT molecular complexity index is 1220. The molecule has 0 saturated heterocycles. The van der Waals surface area contributed by atoms with Crippen LogP contribution in [-0.4, -0.2) is 13.1 Å². The lowest BCUT2D eigenvalue weighted by Crippen LogP contribution is -2.45. The van der Waals surface area contributed by atoms with E-state index in [4.69, 9.17) is 4.74 Å². The van der Waals surface area contributed by atoms with Crippen LogP contribution in [0.2, 0.25) is 0 Å². The maximum atomic E-state index is 9.42. The van der Waals surface area contributed by atoms with Crippen LogP contribution in [0.1, 0.15) is 78.0 Å². The monoisotopic (exact) mass is 453 g/mol. The van der Waals surface area contributed by atoms with Crippen LogP contribution in [0.4, 0.5) is 5.69 Å². The lowest BCUT2D eigenvalue weighted by atomic mass is 9.68. The first-order valence-corrected chi connectivity index (χ1v) is 12.1. The molecule has 0 unspecified atom stereocenters. The van der Waals surface area contributed by atoms with E-state index < -0.39 is 0 Å². The molecule has 4 heteroatoms. The van der Waals surface area contributed by atoms with Gasteiger partial charge in [-0.1, -0.05) is 66.7 Å². The van der Waals surface area contributed by atoms with Crippen LogP contribution >= 0.6 is 0 Å². The minimum atomic E-state index is -0.249. The molecule has 0 bridgehead atoms. The molecule has 3 aliphatic heterocycles. The van der Waals surface area contributed by atoms with E-state index >= 15 is 0 Å². The van der Waals surface area contributed by atoms with Gasteiger partial charge in [0.25, 0.3) is 0 Å². The van der Waals surface area contributed by atoms with Crippen LogP contribution in [0.5, 0.6) is 0 Å². The molecule has 0 aromatic heterocycles. The molecule has 3 aliphatic rings. The number of hydrogen-bond donors (Lipinski definition) is 0. The van der Waals surface area contributed by atoms with E-state index in [-0.39, 0.29) is 21.8 Å². The molecule has 0 fully saturated rings. The Balaban J connectivity index is 1.81. The Kier molecular flexibility index (Phi) is 5.77. The molecule has 34 heavy (non-hydrogen) atoms. The molecule has 1 aromatic rings. The summed E-state index contributed by atoms with van der Waals surface area (Å²) in [4.78, 5) is 2.57. The number of allylic oxidation sites excluding steroid dienone is 6. The second-order valence-electron chi connectivity index (χ2n) is 12.0. The maximum Gasteiger partial charge on any atom is 0.137 e. The van der Waals surface area contributed by atoms with E-state index in [0.29, 0.717) is 11.3 Å². The third-order valence-corrected chi connectivity index (χ3v) is 7.44. The highest BCUT2D eigenvalue weighted by atomic mass is 16.5. The van der Waals surface area contributed by atoms with E-state index in [1.165, 1.54) is 28.8 Å². The van der Waals surface area contributed by atoms with Crippen molar-refractivity contribution in [3.8, 4) is 12.1 Å². The number of benzene rings is 1. The Hall–Kier alpha value is -3.24. The van der Waals surface area contributed by atoms with Crippen LogP contribution in [0.15, 0.2) is 53.0 Å². The average Bonchev–Trinajstić information content (AvgIpc) is 2.76. The molecule has 0 radical (unpaired) electrons. The fraction of sp³-hybridized carbons (Fsp3) is 0.467. The number of nitrogens with zero attached hydrogens (tertiary/aromatic N) is 3. The molecule has 0 spiro atoms. The molecule has 176 valence electrons. The van der Waals surface area contributed by atoms with Crippen molar-refractivity contribution in [1.29, 1.82) is 10.5 Å². The summed E-state index contributed by atoms with van der Waals surface area (Å²) in [6.45, 7) is 17.8. The normalized spacial score (nSPS) is 20.5. The lowest BCUT2D eigenvalue weighted by molar-refractivity contribution is 0.223. The second kappa shape index (κ2) is 8.21. The second-order valence-corrected chi connectivity index (χ2v) is 12.0. The first-order valence-electron chi connectivity index (χ1n) is 12.1. The van der Waals surface area contributed by atoms with Crippen LogP contribution in [0, 0.1) is 28.1 Å². The van der Waals surface area contributed by atoms with Gasteiger partial charge in [0, 0.05) is 29.8 Å². The van der Waals surface area contributed by atoms with E-state index in [2.05, 4.69) is 71.6 Å². The van der Waals surface area contributed by atoms with Gasteiger partial charge in [-0.05, 0) is 58.6 Å². The van der Waals surface area contributed by atoms with Crippen molar-refractivity contribution >= 4 is 11.8 Å². The molecular formula is C30H35N3O. The first kappa shape index (κ1) is 23.9. The van der Waals surface area contributed by atoms with Crippen LogP contribution in [-0.2, 0) is 15.6 Å². The van der Waals surface area contributed by atoms with Crippen molar-refractivity contribution in [2.75, 3.05) is 18.0 Å². The zero-order valence-electron chi connectivity index (χ0n) is 21.5. The summed E-state index contributed by atoms with van der Waals surface area (Å²) in [6.07, 6.45) is 10.0. The highest BCUT2D eigenvalue weighted by Gasteiger charge is 2.40. The number of nitriles is 2. The molecule has 0 saturated carbocycles. The summed E-state index contributed by atoms with van der Waals surface area (Å²) in [6, 6.07) is 8.58. The number of anilines is 1. The van der Waals surface area contributed by atoms with Gasteiger partial charge in [-0.3, -0.25) is 0 Å². The topological polar surface area (TPSA) is 60.0 Å². The number of rotatable bonds is 2. The van der Waals surface area contributed by atoms with Crippen molar-refractivity contribution in [3.05, 3.63) is 69.7 Å². The summed E-state index contributed by atoms with van der Waals surface area (Å²) >= 11 is 0. The van der Waals surface area contributed by atoms with Gasteiger partial charge in [0.2, 0.25) is 0 Å². The largest absolute Gasteiger partial charge is 0.461 e. The van der Waals surface area contributed by atoms with Crippen molar-refractivity contribution in [2.45, 2.75) is 72.1 Å². The van der Waals surface area contributed by atoms with Gasteiger partial charge in [0.05, 0.1) is 0 Å². The zero-order valence-corrected chi connectivity index (χ0v) is 21.5. The smallest absolute Gasteiger partial charge is 0.137 e. The highest BCUT2D eigenvalue weighted by molar-refractivity contribution is 5.75. The van der Waals surface area contributed by atoms with Crippen molar-refractivity contribution < 1.29 is 4.74 Å². The van der Waals surface area contributed by atoms with Crippen molar-refractivity contribution in [2.24, 2.45) is 5.41 Å². The molecule has 0 atom stereocenters. The summed E-state index contributed by atoms with van der Waals surface area (Å²) in [5.41, 5.74) is 6.17. The number of ether oxygens (including phenoxy) is 1. The van der Waals surface area contributed by atoms with Crippen LogP contribution in [0.25, 0.3) is 6.08 Å². The molecule has 3 heterocycles. The van der Waals surface area contributed by atoms with Gasteiger partial charge >= 0.3 is 0 Å². The van der Waals surface area contributed by atoms with E-state index in [0.717, 1.165) is 25.3 Å². The zero-order chi connectivity index (χ0) is 24.9. The summed E-state index contributed by atoms with van der Waals surface area (Å²) in [7, 11) is 0. The average molecular weight is 454 g/mol. The minimum absolute atomic E-state index is 0.0765. The third-order valence-electron chi connectivity index (χ3n) is 7.44. The van der Waals surface area contributed by atoms with E-state index in [9.17, 15) is 10.5 Å². The Morgan fingerprint density at radius 3 is 2.24 bits per heavy atom.